The number of hydrogen-bond donors (Lipinski definition) is 8. The molecule has 9 N–H and O–H groups in total. The van der Waals surface area contributed by atoms with Gasteiger partial charge in [0.25, 0.3) is 0 Å². The van der Waals surface area contributed by atoms with Crippen LogP contribution in [0.1, 0.15) is 36.9 Å². The van der Waals surface area contributed by atoms with Crippen molar-refractivity contribution in [2.45, 2.75) is 62.7 Å². The Hall–Kier alpha value is -4.79. The van der Waals surface area contributed by atoms with Crippen molar-refractivity contribution in [3.8, 4) is 0 Å². The molecule has 0 spiro atoms. The number of carbonyl (C=O) groups excluding carboxylic acids is 3. The molecule has 0 aliphatic carbocycles. The Morgan fingerprint density at radius 3 is 1.93 bits per heavy atom. The molecule has 0 aliphatic rings. The van der Waals surface area contributed by atoms with Gasteiger partial charge >= 0.3 is 17.9 Å². The number of imidazole rings is 1. The molecule has 2 aromatic rings. The smallest absolute Gasteiger partial charge is 0.326 e. The number of carboxylic acid groups (broad SMARTS) is 3. The van der Waals surface area contributed by atoms with E-state index in [9.17, 15) is 33.9 Å². The van der Waals surface area contributed by atoms with Gasteiger partial charge in [0.05, 0.1) is 12.4 Å². The maximum atomic E-state index is 13.2. The molecule has 0 saturated heterocycles. The van der Waals surface area contributed by atoms with E-state index in [1.165, 1.54) is 12.5 Å². The van der Waals surface area contributed by atoms with Crippen molar-refractivity contribution in [1.29, 1.82) is 0 Å². The average Bonchev–Trinajstić information content (AvgIpc) is 3.42. The number of nitrogens with zero attached hydrogens (tertiary/aromatic N) is 1. The summed E-state index contributed by atoms with van der Waals surface area (Å²) < 4.78 is 0. The Kier molecular flexibility index (Phi) is 12.2. The van der Waals surface area contributed by atoms with E-state index in [-0.39, 0.29) is 25.7 Å². The van der Waals surface area contributed by atoms with E-state index in [1.54, 1.807) is 30.3 Å². The maximum absolute atomic E-state index is 13.2. The summed E-state index contributed by atoms with van der Waals surface area (Å²) in [6.45, 7) is 0. The molecule has 2 rings (SSSR count). The molecule has 0 radical (unpaired) electrons. The summed E-state index contributed by atoms with van der Waals surface area (Å²) in [5.74, 6) is -6.35. The maximum Gasteiger partial charge on any atom is 0.326 e. The van der Waals surface area contributed by atoms with Crippen molar-refractivity contribution in [3.63, 3.8) is 0 Å². The van der Waals surface area contributed by atoms with Crippen molar-refractivity contribution < 1.29 is 44.1 Å². The van der Waals surface area contributed by atoms with Gasteiger partial charge in [0.15, 0.2) is 0 Å². The SMILES string of the molecule is NC(CCC(=O)O)C(=O)NC(CCC(=O)O)C(=O)NC(Cc1ccccc1)C(=O)NC(Cc1cnc[nH]1)C(=O)O. The Labute approximate surface area is 228 Å². The number of aliphatic carboxylic acids is 3. The second-order valence-electron chi connectivity index (χ2n) is 8.96. The number of nitrogens with two attached hydrogens (primary N) is 1. The first kappa shape index (κ1) is 31.4. The molecule has 15 heteroatoms. The molecule has 4 atom stereocenters. The van der Waals surface area contributed by atoms with Gasteiger partial charge in [0.2, 0.25) is 17.7 Å². The Morgan fingerprint density at radius 1 is 0.775 bits per heavy atom. The van der Waals surface area contributed by atoms with Gasteiger partial charge in [-0.05, 0) is 18.4 Å². The quantitative estimate of drug-likeness (QED) is 0.114. The van der Waals surface area contributed by atoms with Gasteiger partial charge in [-0.15, -0.1) is 0 Å². The zero-order chi connectivity index (χ0) is 29.7. The van der Waals surface area contributed by atoms with Crippen LogP contribution in [0.2, 0.25) is 0 Å². The first-order valence-corrected chi connectivity index (χ1v) is 12.3. The van der Waals surface area contributed by atoms with Crippen LogP contribution < -0.4 is 21.7 Å². The minimum absolute atomic E-state index is 0.0491. The Morgan fingerprint density at radius 2 is 1.35 bits per heavy atom. The number of H-pyrrole nitrogens is 1. The highest BCUT2D eigenvalue weighted by Crippen LogP contribution is 2.08. The van der Waals surface area contributed by atoms with Crippen LogP contribution in [0.15, 0.2) is 42.9 Å². The van der Waals surface area contributed by atoms with Crippen LogP contribution in [0, 0.1) is 0 Å². The lowest BCUT2D eigenvalue weighted by Gasteiger charge is -2.25. The molecule has 3 amide bonds. The van der Waals surface area contributed by atoms with Crippen LogP contribution in [-0.2, 0) is 41.6 Å². The van der Waals surface area contributed by atoms with Crippen LogP contribution >= 0.6 is 0 Å². The summed E-state index contributed by atoms with van der Waals surface area (Å²) in [5, 5.41) is 34.7. The number of carbonyl (C=O) groups is 6. The fraction of sp³-hybridized carbons (Fsp3) is 0.400. The van der Waals surface area contributed by atoms with Gasteiger partial charge in [-0.2, -0.15) is 0 Å². The molecule has 1 aromatic heterocycles. The van der Waals surface area contributed by atoms with E-state index in [4.69, 9.17) is 15.9 Å². The molecule has 40 heavy (non-hydrogen) atoms. The number of benzene rings is 1. The van der Waals surface area contributed by atoms with Crippen molar-refractivity contribution >= 4 is 35.6 Å². The molecule has 0 fully saturated rings. The molecular weight excluding hydrogens is 528 g/mol. The van der Waals surface area contributed by atoms with Crippen LogP contribution in [0.4, 0.5) is 0 Å². The lowest BCUT2D eigenvalue weighted by Crippen LogP contribution is -2.58. The third kappa shape index (κ3) is 10.9. The average molecular weight is 561 g/mol. The highest BCUT2D eigenvalue weighted by atomic mass is 16.4. The standard InChI is InChI=1S/C25H32N6O9/c26-16(6-8-20(32)33)22(36)29-17(7-9-21(34)35)23(37)30-18(10-14-4-2-1-3-5-14)24(38)31-19(25(39)40)11-15-12-27-13-28-15/h1-5,12-13,16-19H,6-11,26H2,(H,27,28)(H,29,36)(H,30,37)(H,31,38)(H,32,33)(H,34,35)(H,39,40). The summed E-state index contributed by atoms with van der Waals surface area (Å²) in [7, 11) is 0. The minimum atomic E-state index is -1.43. The summed E-state index contributed by atoms with van der Waals surface area (Å²) in [6.07, 6.45) is 1.11. The molecule has 15 nitrogen and oxygen atoms in total. The number of nitrogens with one attached hydrogen (secondary N) is 4. The second kappa shape index (κ2) is 15.6. The summed E-state index contributed by atoms with van der Waals surface area (Å²) in [6, 6.07) is 3.17. The lowest BCUT2D eigenvalue weighted by atomic mass is 10.0. The third-order valence-electron chi connectivity index (χ3n) is 5.79. The van der Waals surface area contributed by atoms with Gasteiger partial charge in [-0.1, -0.05) is 30.3 Å². The van der Waals surface area contributed by atoms with Crippen LogP contribution in [0.25, 0.3) is 0 Å². The van der Waals surface area contributed by atoms with Gasteiger partial charge < -0.3 is 42.0 Å². The molecule has 0 bridgehead atoms. The fourth-order valence-electron chi connectivity index (χ4n) is 3.65. The summed E-state index contributed by atoms with van der Waals surface area (Å²) in [5.41, 5.74) is 6.79. The summed E-state index contributed by atoms with van der Waals surface area (Å²) >= 11 is 0. The first-order chi connectivity index (χ1) is 19.0. The number of aromatic amines is 1. The van der Waals surface area contributed by atoms with E-state index in [0.29, 0.717) is 11.3 Å². The molecule has 1 heterocycles. The van der Waals surface area contributed by atoms with Gasteiger partial charge in [-0.25, -0.2) is 9.78 Å². The molecule has 0 aliphatic heterocycles. The highest BCUT2D eigenvalue weighted by Gasteiger charge is 2.31. The monoisotopic (exact) mass is 560 g/mol. The predicted molar refractivity (Wildman–Crippen MR) is 138 cm³/mol. The van der Waals surface area contributed by atoms with Gasteiger partial charge in [0.1, 0.15) is 18.1 Å². The van der Waals surface area contributed by atoms with Gasteiger partial charge in [-0.3, -0.25) is 24.0 Å². The molecule has 4 unspecified atom stereocenters. The number of rotatable bonds is 17. The van der Waals surface area contributed by atoms with E-state index < -0.39 is 72.6 Å². The lowest BCUT2D eigenvalue weighted by molar-refractivity contribution is -0.142. The highest BCUT2D eigenvalue weighted by molar-refractivity contribution is 5.94. The number of aromatic nitrogens is 2. The molecule has 0 saturated carbocycles. The zero-order valence-electron chi connectivity index (χ0n) is 21.4. The topological polar surface area (TPSA) is 254 Å². The van der Waals surface area contributed by atoms with E-state index in [2.05, 4.69) is 25.9 Å². The largest absolute Gasteiger partial charge is 0.481 e. The van der Waals surface area contributed by atoms with Crippen LogP contribution in [-0.4, -0.2) is 85.1 Å². The fourth-order valence-corrected chi connectivity index (χ4v) is 3.65. The minimum Gasteiger partial charge on any atom is -0.481 e. The Bertz CT molecular complexity index is 1170. The number of carboxylic acids is 3. The van der Waals surface area contributed by atoms with Crippen molar-refractivity contribution in [3.05, 3.63) is 54.1 Å². The molecule has 1 aromatic carbocycles. The normalized spacial score (nSPS) is 13.7. The predicted octanol–water partition coefficient (Wildman–Crippen LogP) is -1.21. The van der Waals surface area contributed by atoms with E-state index in [0.717, 1.165) is 0 Å². The van der Waals surface area contributed by atoms with Crippen molar-refractivity contribution in [2.75, 3.05) is 0 Å². The van der Waals surface area contributed by atoms with E-state index >= 15 is 0 Å². The number of amides is 3. The molecular formula is C25H32N6O9. The van der Waals surface area contributed by atoms with Crippen LogP contribution in [0.5, 0.6) is 0 Å². The van der Waals surface area contributed by atoms with Crippen molar-refractivity contribution in [2.24, 2.45) is 5.73 Å². The third-order valence-corrected chi connectivity index (χ3v) is 5.79. The first-order valence-electron chi connectivity index (χ1n) is 12.3. The zero-order valence-corrected chi connectivity index (χ0v) is 21.4. The van der Waals surface area contributed by atoms with Crippen LogP contribution in [0.3, 0.4) is 0 Å². The van der Waals surface area contributed by atoms with Crippen molar-refractivity contribution in [1.82, 2.24) is 25.9 Å². The Balaban J connectivity index is 2.22. The number of hydrogen-bond acceptors (Lipinski definition) is 8. The summed E-state index contributed by atoms with van der Waals surface area (Å²) in [4.78, 5) is 79.2. The second-order valence-corrected chi connectivity index (χ2v) is 8.96. The molecule has 216 valence electrons. The van der Waals surface area contributed by atoms with Gasteiger partial charge in [0, 0.05) is 37.6 Å². The van der Waals surface area contributed by atoms with E-state index in [1.807, 2.05) is 0 Å².